The number of nitrogens with two attached hydrogens (primary N) is 1. The molecule has 4 rings (SSSR count). The molecule has 222 valence electrons. The normalized spacial score (nSPS) is 11.4. The molecule has 1 unspecified atom stereocenters. The summed E-state index contributed by atoms with van der Waals surface area (Å²) < 4.78 is 17.2. The van der Waals surface area contributed by atoms with E-state index in [-0.39, 0.29) is 36.4 Å². The van der Waals surface area contributed by atoms with E-state index in [0.717, 1.165) is 11.1 Å². The molecule has 11 nitrogen and oxygen atoms in total. The number of nitrogens with one attached hydrogen (secondary N) is 1. The third kappa shape index (κ3) is 7.45. The third-order valence-electron chi connectivity index (χ3n) is 6.16. The van der Waals surface area contributed by atoms with E-state index in [4.69, 9.17) is 19.9 Å². The van der Waals surface area contributed by atoms with Crippen molar-refractivity contribution < 1.29 is 23.8 Å². The Morgan fingerprint density at radius 3 is 2.30 bits per heavy atom. The number of nitrogens with zero attached hydrogens (tertiary/aromatic N) is 4. The van der Waals surface area contributed by atoms with Gasteiger partial charge in [0.15, 0.2) is 11.5 Å². The van der Waals surface area contributed by atoms with Crippen LogP contribution >= 0.6 is 0 Å². The van der Waals surface area contributed by atoms with Crippen LogP contribution in [0, 0.1) is 0 Å². The minimum Gasteiger partial charge on any atom is -0.485 e. The first kappa shape index (κ1) is 30.5. The van der Waals surface area contributed by atoms with Crippen molar-refractivity contribution in [1.29, 1.82) is 0 Å². The van der Waals surface area contributed by atoms with Gasteiger partial charge in [-0.25, -0.2) is 4.79 Å². The number of nitrogen functional groups attached to an aromatic ring is 1. The number of aromatic nitrogens is 4. The van der Waals surface area contributed by atoms with Crippen LogP contribution in [-0.2, 0) is 4.74 Å². The van der Waals surface area contributed by atoms with E-state index in [9.17, 15) is 9.59 Å². The smallest absolute Gasteiger partial charge is 0.338 e. The van der Waals surface area contributed by atoms with Crippen molar-refractivity contribution in [2.45, 2.75) is 32.9 Å². The fourth-order valence-corrected chi connectivity index (χ4v) is 4.07. The highest BCUT2D eigenvalue weighted by Crippen LogP contribution is 2.38. The number of carbonyl (C=O) groups is 2. The summed E-state index contributed by atoms with van der Waals surface area (Å²) in [5, 5.41) is 15.9. The first-order valence-corrected chi connectivity index (χ1v) is 13.6. The average molecular weight is 583 g/mol. The summed E-state index contributed by atoms with van der Waals surface area (Å²) >= 11 is 0. The van der Waals surface area contributed by atoms with Gasteiger partial charge in [-0.05, 0) is 80.1 Å². The maximum absolute atomic E-state index is 13.6. The number of ether oxygens (including phenoxy) is 3. The van der Waals surface area contributed by atoms with Gasteiger partial charge >= 0.3 is 5.97 Å². The second-order valence-electron chi connectivity index (χ2n) is 9.79. The fourth-order valence-electron chi connectivity index (χ4n) is 4.07. The second kappa shape index (κ2) is 13.9. The van der Waals surface area contributed by atoms with Gasteiger partial charge in [-0.1, -0.05) is 37.4 Å². The number of benzene rings is 3. The Hall–Kier alpha value is -5.45. The minimum absolute atomic E-state index is 0.124. The molecular formula is C32H34N6O5. The number of rotatable bonds is 13. The van der Waals surface area contributed by atoms with E-state index in [1.807, 2.05) is 20.8 Å². The van der Waals surface area contributed by atoms with Gasteiger partial charge in [0.2, 0.25) is 5.82 Å². The van der Waals surface area contributed by atoms with E-state index in [1.165, 1.54) is 10.9 Å². The lowest BCUT2D eigenvalue weighted by molar-refractivity contribution is 0.0549. The molecule has 1 heterocycles. The number of carbonyl (C=O) groups excluding carboxylic acids is 2. The Balaban J connectivity index is 1.65. The van der Waals surface area contributed by atoms with Crippen molar-refractivity contribution in [1.82, 2.24) is 25.5 Å². The summed E-state index contributed by atoms with van der Waals surface area (Å²) in [6.45, 7) is 13.1. The lowest BCUT2D eigenvalue weighted by Crippen LogP contribution is -2.27. The van der Waals surface area contributed by atoms with Crippen LogP contribution in [0.25, 0.3) is 17.1 Å². The van der Waals surface area contributed by atoms with Gasteiger partial charge in [-0.2, -0.15) is 0 Å². The summed E-state index contributed by atoms with van der Waals surface area (Å²) in [7, 11) is 0. The van der Waals surface area contributed by atoms with Crippen molar-refractivity contribution in [2.24, 2.45) is 0 Å². The molecule has 1 atom stereocenters. The van der Waals surface area contributed by atoms with Crippen LogP contribution < -0.4 is 20.5 Å². The lowest BCUT2D eigenvalue weighted by atomic mass is 10.0. The lowest BCUT2D eigenvalue weighted by Gasteiger charge is -2.21. The highest BCUT2D eigenvalue weighted by molar-refractivity contribution is 5.98. The predicted molar refractivity (Wildman–Crippen MR) is 163 cm³/mol. The van der Waals surface area contributed by atoms with Gasteiger partial charge < -0.3 is 25.3 Å². The number of esters is 1. The van der Waals surface area contributed by atoms with Crippen molar-refractivity contribution >= 4 is 17.6 Å². The molecule has 1 aromatic heterocycles. The molecule has 11 heteroatoms. The SMILES string of the molecule is C=CCOC(=O)c1ccc(C(C)NC(=O)c2ccc(-n3nnc(-c4ccc(N)cc4)n3)c(OC(C)C)c2OCC=C)cc1. The van der Waals surface area contributed by atoms with Crippen molar-refractivity contribution in [2.75, 3.05) is 18.9 Å². The van der Waals surface area contributed by atoms with Gasteiger partial charge in [0, 0.05) is 11.3 Å². The standard InChI is InChI=1S/C32H34N6O5/c1-6-18-41-28-26(31(39)34-21(5)22-8-10-24(11-9-22)32(40)42-19-7-2)16-17-27(29(28)43-20(3)4)38-36-30(35-37-38)23-12-14-25(33)15-13-23/h6-17,20-21H,1-2,18-19,33H2,3-5H3,(H,34,39). The van der Waals surface area contributed by atoms with Gasteiger partial charge in [-0.15, -0.1) is 15.0 Å². The topological polar surface area (TPSA) is 143 Å². The fraction of sp³-hybridized carbons (Fsp3) is 0.219. The quantitative estimate of drug-likeness (QED) is 0.125. The summed E-state index contributed by atoms with van der Waals surface area (Å²) in [5.74, 6) is 0.0330. The minimum atomic E-state index is -0.452. The van der Waals surface area contributed by atoms with Crippen molar-refractivity contribution in [3.8, 4) is 28.6 Å². The molecule has 0 bridgehead atoms. The summed E-state index contributed by atoms with van der Waals surface area (Å²) in [6, 6.07) is 16.8. The van der Waals surface area contributed by atoms with E-state index in [0.29, 0.717) is 22.8 Å². The first-order chi connectivity index (χ1) is 20.7. The third-order valence-corrected chi connectivity index (χ3v) is 6.16. The highest BCUT2D eigenvalue weighted by Gasteiger charge is 2.25. The Morgan fingerprint density at radius 1 is 0.953 bits per heavy atom. The Bertz CT molecular complexity index is 1600. The molecule has 4 aromatic rings. The summed E-state index contributed by atoms with van der Waals surface area (Å²) in [5.41, 5.74) is 9.04. The number of hydrogen-bond acceptors (Lipinski definition) is 9. The van der Waals surface area contributed by atoms with Crippen LogP contribution in [0.5, 0.6) is 11.5 Å². The predicted octanol–water partition coefficient (Wildman–Crippen LogP) is 5.10. The largest absolute Gasteiger partial charge is 0.485 e. The number of tetrazole rings is 1. The van der Waals surface area contributed by atoms with Crippen LogP contribution in [0.15, 0.2) is 86.0 Å². The average Bonchev–Trinajstić information content (AvgIpc) is 3.49. The van der Waals surface area contributed by atoms with Crippen LogP contribution in [0.1, 0.15) is 53.1 Å². The molecule has 0 saturated carbocycles. The molecule has 0 saturated heterocycles. The molecule has 0 spiro atoms. The number of anilines is 1. The maximum Gasteiger partial charge on any atom is 0.338 e. The Morgan fingerprint density at radius 2 is 1.65 bits per heavy atom. The van der Waals surface area contributed by atoms with E-state index < -0.39 is 17.9 Å². The van der Waals surface area contributed by atoms with Crippen LogP contribution in [0.4, 0.5) is 5.69 Å². The summed E-state index contributed by atoms with van der Waals surface area (Å²) in [6.07, 6.45) is 2.81. The Labute approximate surface area is 250 Å². The van der Waals surface area contributed by atoms with Gasteiger partial charge in [0.05, 0.1) is 23.3 Å². The second-order valence-corrected chi connectivity index (χ2v) is 9.79. The zero-order chi connectivity index (χ0) is 30.9. The Kier molecular flexibility index (Phi) is 9.89. The molecular weight excluding hydrogens is 548 g/mol. The molecule has 0 fully saturated rings. The molecule has 0 aliphatic carbocycles. The molecule has 0 radical (unpaired) electrons. The van der Waals surface area contributed by atoms with Crippen LogP contribution in [-0.4, -0.2) is 51.4 Å². The summed E-state index contributed by atoms with van der Waals surface area (Å²) in [4.78, 5) is 27.0. The van der Waals surface area contributed by atoms with Gasteiger partial charge in [-0.3, -0.25) is 4.79 Å². The molecule has 43 heavy (non-hydrogen) atoms. The van der Waals surface area contributed by atoms with E-state index >= 15 is 0 Å². The number of amides is 1. The van der Waals surface area contributed by atoms with Crippen LogP contribution in [0.3, 0.4) is 0 Å². The zero-order valence-electron chi connectivity index (χ0n) is 24.3. The highest BCUT2D eigenvalue weighted by atomic mass is 16.5. The van der Waals surface area contributed by atoms with Crippen molar-refractivity contribution in [3.05, 3.63) is 103 Å². The number of hydrogen-bond donors (Lipinski definition) is 2. The van der Waals surface area contributed by atoms with Gasteiger partial charge in [0.1, 0.15) is 18.9 Å². The molecule has 0 aliphatic heterocycles. The zero-order valence-corrected chi connectivity index (χ0v) is 24.3. The molecule has 1 amide bonds. The van der Waals surface area contributed by atoms with Crippen LogP contribution in [0.2, 0.25) is 0 Å². The molecule has 0 aliphatic rings. The monoisotopic (exact) mass is 582 g/mol. The van der Waals surface area contributed by atoms with E-state index in [2.05, 4.69) is 33.9 Å². The molecule has 3 N–H and O–H groups in total. The van der Waals surface area contributed by atoms with Gasteiger partial charge in [0.25, 0.3) is 5.91 Å². The maximum atomic E-state index is 13.6. The van der Waals surface area contributed by atoms with E-state index in [1.54, 1.807) is 66.7 Å². The van der Waals surface area contributed by atoms with Crippen molar-refractivity contribution in [3.63, 3.8) is 0 Å². The first-order valence-electron chi connectivity index (χ1n) is 13.6. The molecule has 3 aromatic carbocycles.